The molecule has 10 nitrogen and oxygen atoms in total. The minimum atomic E-state index is -4.14. The lowest BCUT2D eigenvalue weighted by Gasteiger charge is -2.28. The number of carboxylic acid groups (broad SMARTS) is 1. The number of sulfonamides is 1. The molecule has 0 saturated carbocycles. The first kappa shape index (κ1) is 25.5. The molecular formula is C24H24Cl2N6O4S. The van der Waals surface area contributed by atoms with Crippen LogP contribution in [0.2, 0.25) is 0 Å². The van der Waals surface area contributed by atoms with Gasteiger partial charge in [-0.1, -0.05) is 23.2 Å². The maximum absolute atomic E-state index is 13.5. The van der Waals surface area contributed by atoms with Gasteiger partial charge in [0.1, 0.15) is 17.6 Å². The summed E-state index contributed by atoms with van der Waals surface area (Å²) in [6, 6.07) is 6.79. The van der Waals surface area contributed by atoms with Crippen molar-refractivity contribution in [2.75, 3.05) is 41.9 Å². The Bertz CT molecular complexity index is 1510. The van der Waals surface area contributed by atoms with Crippen molar-refractivity contribution in [3.63, 3.8) is 0 Å². The van der Waals surface area contributed by atoms with E-state index < -0.39 is 27.8 Å². The Morgan fingerprint density at radius 1 is 1.16 bits per heavy atom. The maximum Gasteiger partial charge on any atom is 0.324 e. The minimum absolute atomic E-state index is 0.0109. The molecule has 1 aliphatic carbocycles. The number of nitrogens with one attached hydrogen (secondary N) is 1. The standard InChI is InChI=1S/C24H24Cl2N6O4S/c25-17-10-18(26)12-20(11-17)37(35,36)32(15-24(33)34)19-1-2-21-16(9-19)3-6-31(21)23-14-28-13-22(29-23)30-7-4-27-5-8-30/h1-3,6,9-11,13-14,20,27H,4-5,7-8,12,15H2,(H,33,34). The van der Waals surface area contributed by atoms with Gasteiger partial charge in [0.25, 0.3) is 0 Å². The summed E-state index contributed by atoms with van der Waals surface area (Å²) < 4.78 is 29.8. The molecule has 1 unspecified atom stereocenters. The molecule has 3 aromatic rings. The number of rotatable bonds is 7. The molecule has 2 aromatic heterocycles. The molecule has 194 valence electrons. The highest BCUT2D eigenvalue weighted by Crippen LogP contribution is 2.33. The molecule has 1 aromatic carbocycles. The van der Waals surface area contributed by atoms with E-state index in [0.29, 0.717) is 11.2 Å². The van der Waals surface area contributed by atoms with Crippen molar-refractivity contribution in [2.45, 2.75) is 11.7 Å². The number of aliphatic carboxylic acids is 1. The van der Waals surface area contributed by atoms with E-state index in [2.05, 4.69) is 15.2 Å². The number of hydrogen-bond donors (Lipinski definition) is 2. The number of aromatic nitrogens is 3. The van der Waals surface area contributed by atoms with Gasteiger partial charge in [-0.25, -0.2) is 13.4 Å². The summed E-state index contributed by atoms with van der Waals surface area (Å²) in [7, 11) is -4.14. The number of benzene rings is 1. The highest BCUT2D eigenvalue weighted by molar-refractivity contribution is 7.93. The van der Waals surface area contributed by atoms with Crippen molar-refractivity contribution in [3.8, 4) is 5.82 Å². The minimum Gasteiger partial charge on any atom is -0.480 e. The average Bonchev–Trinajstić information content (AvgIpc) is 3.30. The lowest BCUT2D eigenvalue weighted by molar-refractivity contribution is -0.135. The smallest absolute Gasteiger partial charge is 0.324 e. The predicted octanol–water partition coefficient (Wildman–Crippen LogP) is 3.07. The largest absolute Gasteiger partial charge is 0.480 e. The molecule has 1 saturated heterocycles. The number of piperazine rings is 1. The molecule has 37 heavy (non-hydrogen) atoms. The van der Waals surface area contributed by atoms with Gasteiger partial charge in [0.15, 0.2) is 5.82 Å². The molecule has 0 spiro atoms. The summed E-state index contributed by atoms with van der Waals surface area (Å²) in [6.07, 6.45) is 8.08. The van der Waals surface area contributed by atoms with E-state index in [1.807, 2.05) is 16.8 Å². The fraction of sp³-hybridized carbons (Fsp3) is 0.292. The third-order valence-corrected chi connectivity index (χ3v) is 8.78. The van der Waals surface area contributed by atoms with Gasteiger partial charge in [0.05, 0.1) is 23.6 Å². The third-order valence-electron chi connectivity index (χ3n) is 6.26. The SMILES string of the molecule is O=C(O)CN(c1ccc2c(ccn2-c2cncc(N3CCNCC3)n2)c1)S(=O)(=O)C1C=C(Cl)C=C(Cl)C1. The molecule has 0 bridgehead atoms. The van der Waals surface area contributed by atoms with Crippen molar-refractivity contribution in [1.29, 1.82) is 0 Å². The van der Waals surface area contributed by atoms with Gasteiger partial charge in [0, 0.05) is 54.2 Å². The number of carboxylic acids is 1. The summed E-state index contributed by atoms with van der Waals surface area (Å²) >= 11 is 12.1. The lowest BCUT2D eigenvalue weighted by atomic mass is 10.2. The van der Waals surface area contributed by atoms with Crippen LogP contribution in [0, 0.1) is 0 Å². The van der Waals surface area contributed by atoms with Crippen LogP contribution in [0.4, 0.5) is 11.5 Å². The summed E-state index contributed by atoms with van der Waals surface area (Å²) in [5, 5.41) is 12.9. The molecular weight excluding hydrogens is 539 g/mol. The van der Waals surface area contributed by atoms with Crippen molar-refractivity contribution in [1.82, 2.24) is 19.9 Å². The number of carbonyl (C=O) groups is 1. The van der Waals surface area contributed by atoms with Crippen LogP contribution >= 0.6 is 23.2 Å². The number of halogens is 2. The Kier molecular flexibility index (Phi) is 7.13. The lowest BCUT2D eigenvalue weighted by Crippen LogP contribution is -2.44. The van der Waals surface area contributed by atoms with Gasteiger partial charge in [-0.2, -0.15) is 0 Å². The number of fused-ring (bicyclic) bond motifs is 1. The molecule has 0 radical (unpaired) electrons. The Morgan fingerprint density at radius 3 is 2.65 bits per heavy atom. The molecule has 1 fully saturated rings. The first-order valence-electron chi connectivity index (χ1n) is 11.6. The van der Waals surface area contributed by atoms with E-state index in [1.165, 1.54) is 12.2 Å². The van der Waals surface area contributed by atoms with Gasteiger partial charge >= 0.3 is 5.97 Å². The maximum atomic E-state index is 13.5. The van der Waals surface area contributed by atoms with E-state index in [0.717, 1.165) is 41.8 Å². The van der Waals surface area contributed by atoms with Crippen molar-refractivity contribution in [3.05, 3.63) is 65.1 Å². The van der Waals surface area contributed by atoms with E-state index in [4.69, 9.17) is 28.2 Å². The van der Waals surface area contributed by atoms with E-state index in [1.54, 1.807) is 30.6 Å². The van der Waals surface area contributed by atoms with Gasteiger partial charge in [0.2, 0.25) is 10.0 Å². The third kappa shape index (κ3) is 5.30. The zero-order valence-corrected chi connectivity index (χ0v) is 21.9. The Hall–Kier alpha value is -3.12. The fourth-order valence-corrected chi connectivity index (χ4v) is 7.01. The van der Waals surface area contributed by atoms with Crippen LogP contribution in [0.1, 0.15) is 6.42 Å². The number of hydrogen-bond acceptors (Lipinski definition) is 7. The molecule has 0 amide bonds. The van der Waals surface area contributed by atoms with Crippen LogP contribution in [0.25, 0.3) is 16.7 Å². The monoisotopic (exact) mass is 562 g/mol. The first-order valence-corrected chi connectivity index (χ1v) is 13.8. The number of nitrogens with zero attached hydrogens (tertiary/aromatic N) is 5. The second-order valence-electron chi connectivity index (χ2n) is 8.73. The molecule has 2 aliphatic rings. The van der Waals surface area contributed by atoms with E-state index >= 15 is 0 Å². The summed E-state index contributed by atoms with van der Waals surface area (Å²) in [5.41, 5.74) is 0.998. The van der Waals surface area contributed by atoms with Gasteiger partial charge in [-0.15, -0.1) is 0 Å². The normalized spacial score (nSPS) is 18.4. The van der Waals surface area contributed by atoms with Crippen molar-refractivity contribution >= 4 is 61.6 Å². The van der Waals surface area contributed by atoms with Crippen LogP contribution in [0.5, 0.6) is 0 Å². The average molecular weight is 563 g/mol. The number of anilines is 2. The van der Waals surface area contributed by atoms with Gasteiger partial charge in [-0.3, -0.25) is 18.7 Å². The van der Waals surface area contributed by atoms with Crippen LogP contribution in [-0.2, 0) is 14.8 Å². The van der Waals surface area contributed by atoms with Crippen LogP contribution in [-0.4, -0.2) is 72.0 Å². The quantitative estimate of drug-likeness (QED) is 0.450. The summed E-state index contributed by atoms with van der Waals surface area (Å²) in [5.74, 6) is 0.120. The highest BCUT2D eigenvalue weighted by atomic mass is 35.5. The second-order valence-corrected chi connectivity index (χ2v) is 11.7. The zero-order chi connectivity index (χ0) is 26.2. The van der Waals surface area contributed by atoms with Gasteiger partial charge in [-0.05, 0) is 36.4 Å². The molecule has 5 rings (SSSR count). The van der Waals surface area contributed by atoms with E-state index in [9.17, 15) is 18.3 Å². The van der Waals surface area contributed by atoms with Crippen molar-refractivity contribution in [2.24, 2.45) is 0 Å². The summed E-state index contributed by atoms with van der Waals surface area (Å²) in [4.78, 5) is 23.0. The first-order chi connectivity index (χ1) is 17.7. The molecule has 1 aliphatic heterocycles. The molecule has 13 heteroatoms. The van der Waals surface area contributed by atoms with E-state index in [-0.39, 0.29) is 22.2 Å². The Labute approximate surface area is 223 Å². The van der Waals surface area contributed by atoms with Crippen LogP contribution < -0.4 is 14.5 Å². The topological polar surface area (TPSA) is 121 Å². The number of allylic oxidation sites excluding steroid dienone is 3. The Balaban J connectivity index is 1.49. The second kappa shape index (κ2) is 10.3. The molecule has 2 N–H and O–H groups in total. The van der Waals surface area contributed by atoms with Crippen LogP contribution in [0.15, 0.2) is 65.1 Å². The Morgan fingerprint density at radius 2 is 1.92 bits per heavy atom. The summed E-state index contributed by atoms with van der Waals surface area (Å²) in [6.45, 7) is 2.69. The molecule has 1 atom stereocenters. The highest BCUT2D eigenvalue weighted by Gasteiger charge is 2.34. The zero-order valence-electron chi connectivity index (χ0n) is 19.6. The van der Waals surface area contributed by atoms with Crippen molar-refractivity contribution < 1.29 is 18.3 Å². The molecule has 3 heterocycles. The van der Waals surface area contributed by atoms with Crippen LogP contribution in [0.3, 0.4) is 0 Å². The predicted molar refractivity (Wildman–Crippen MR) is 144 cm³/mol. The van der Waals surface area contributed by atoms with Gasteiger partial charge < -0.3 is 15.3 Å². The fourth-order valence-electron chi connectivity index (χ4n) is 4.48.